The molecule has 0 fully saturated rings. The summed E-state index contributed by atoms with van der Waals surface area (Å²) in [6.07, 6.45) is 1.73. The molecule has 0 atom stereocenters. The van der Waals surface area contributed by atoms with E-state index in [-0.39, 0.29) is 11.6 Å². The Balaban J connectivity index is 1.86. The molecule has 1 amide bonds. The molecule has 0 unspecified atom stereocenters. The Labute approximate surface area is 163 Å². The van der Waals surface area contributed by atoms with Crippen LogP contribution in [0.3, 0.4) is 0 Å². The number of nitrogens with one attached hydrogen (secondary N) is 1. The van der Waals surface area contributed by atoms with E-state index in [1.165, 1.54) is 0 Å². The Kier molecular flexibility index (Phi) is 5.69. The highest BCUT2D eigenvalue weighted by Crippen LogP contribution is 2.31. The molecule has 1 aliphatic rings. The summed E-state index contributed by atoms with van der Waals surface area (Å²) in [5, 5.41) is 0. The average Bonchev–Trinajstić information content (AvgIpc) is 2.59. The van der Waals surface area contributed by atoms with Crippen molar-refractivity contribution in [3.8, 4) is 0 Å². The lowest BCUT2D eigenvalue weighted by molar-refractivity contribution is -0.118. The minimum atomic E-state index is -4.14. The molecular formula is C20H22F2N2O3S. The van der Waals surface area contributed by atoms with Crippen LogP contribution in [0.2, 0.25) is 0 Å². The van der Waals surface area contributed by atoms with Gasteiger partial charge < -0.3 is 4.90 Å². The maximum atomic E-state index is 13.4. The zero-order valence-corrected chi connectivity index (χ0v) is 16.5. The molecule has 2 aromatic carbocycles. The first-order valence-electron chi connectivity index (χ1n) is 9.08. The Morgan fingerprint density at radius 2 is 1.75 bits per heavy atom. The van der Waals surface area contributed by atoms with Crippen molar-refractivity contribution in [3.63, 3.8) is 0 Å². The largest absolute Gasteiger partial charge is 0.312 e. The normalized spacial score (nSPS) is 14.3. The van der Waals surface area contributed by atoms with E-state index in [9.17, 15) is 22.0 Å². The molecule has 28 heavy (non-hydrogen) atoms. The van der Waals surface area contributed by atoms with Crippen LogP contribution in [0, 0.1) is 17.6 Å². The number of hydrogen-bond donors (Lipinski definition) is 1. The molecule has 5 nitrogen and oxygen atoms in total. The SMILES string of the molecule is CC(C)CCN1C(=O)CCc2cc(NS(=O)(=O)c3cc(F)cc(F)c3)ccc21. The second-order valence-electron chi connectivity index (χ2n) is 7.28. The maximum Gasteiger partial charge on any atom is 0.262 e. The number of carbonyl (C=O) groups excluding carboxylic acids is 1. The van der Waals surface area contributed by atoms with Gasteiger partial charge in [0.25, 0.3) is 10.0 Å². The Hall–Kier alpha value is -2.48. The summed E-state index contributed by atoms with van der Waals surface area (Å²) in [5.74, 6) is -1.43. The monoisotopic (exact) mass is 408 g/mol. The van der Waals surface area contributed by atoms with Gasteiger partial charge in [-0.2, -0.15) is 0 Å². The molecule has 8 heteroatoms. The van der Waals surface area contributed by atoms with Crippen molar-refractivity contribution in [2.75, 3.05) is 16.2 Å². The van der Waals surface area contributed by atoms with E-state index in [1.54, 1.807) is 23.1 Å². The van der Waals surface area contributed by atoms with Crippen LogP contribution in [0.25, 0.3) is 0 Å². The zero-order chi connectivity index (χ0) is 20.5. The summed E-state index contributed by atoms with van der Waals surface area (Å²) < 4.78 is 54.0. The van der Waals surface area contributed by atoms with E-state index in [4.69, 9.17) is 0 Å². The fourth-order valence-electron chi connectivity index (χ4n) is 3.15. The number of aryl methyl sites for hydroxylation is 1. The molecule has 0 saturated heterocycles. The number of nitrogens with zero attached hydrogens (tertiary/aromatic N) is 1. The first-order valence-corrected chi connectivity index (χ1v) is 10.6. The second kappa shape index (κ2) is 7.87. The van der Waals surface area contributed by atoms with Crippen LogP contribution in [0.4, 0.5) is 20.2 Å². The molecule has 0 aliphatic carbocycles. The van der Waals surface area contributed by atoms with Crippen molar-refractivity contribution in [1.82, 2.24) is 0 Å². The molecule has 0 bridgehead atoms. The summed E-state index contributed by atoms with van der Waals surface area (Å²) >= 11 is 0. The number of carbonyl (C=O) groups is 1. The van der Waals surface area contributed by atoms with Gasteiger partial charge in [-0.3, -0.25) is 9.52 Å². The first-order chi connectivity index (χ1) is 13.2. The van der Waals surface area contributed by atoms with Gasteiger partial charge in [-0.25, -0.2) is 17.2 Å². The number of benzene rings is 2. The van der Waals surface area contributed by atoms with Crippen molar-refractivity contribution in [1.29, 1.82) is 0 Å². The lowest BCUT2D eigenvalue weighted by Gasteiger charge is -2.30. The smallest absolute Gasteiger partial charge is 0.262 e. The quantitative estimate of drug-likeness (QED) is 0.783. The Morgan fingerprint density at radius 1 is 1.07 bits per heavy atom. The van der Waals surface area contributed by atoms with E-state index < -0.39 is 26.6 Å². The number of amides is 1. The van der Waals surface area contributed by atoms with E-state index in [2.05, 4.69) is 18.6 Å². The van der Waals surface area contributed by atoms with Crippen LogP contribution in [-0.4, -0.2) is 20.9 Å². The van der Waals surface area contributed by atoms with Gasteiger partial charge in [-0.05, 0) is 54.7 Å². The van der Waals surface area contributed by atoms with Gasteiger partial charge in [-0.15, -0.1) is 0 Å². The highest BCUT2D eigenvalue weighted by atomic mass is 32.2. The minimum absolute atomic E-state index is 0.0525. The lowest BCUT2D eigenvalue weighted by Crippen LogP contribution is -2.36. The lowest BCUT2D eigenvalue weighted by atomic mass is 9.99. The van der Waals surface area contributed by atoms with Crippen molar-refractivity contribution < 1.29 is 22.0 Å². The summed E-state index contributed by atoms with van der Waals surface area (Å²) in [7, 11) is -4.14. The predicted molar refractivity (Wildman–Crippen MR) is 104 cm³/mol. The molecule has 0 spiro atoms. The third kappa shape index (κ3) is 4.49. The van der Waals surface area contributed by atoms with E-state index in [0.717, 1.165) is 29.8 Å². The summed E-state index contributed by atoms with van der Waals surface area (Å²) in [5.41, 5.74) is 1.91. The fraction of sp³-hybridized carbons (Fsp3) is 0.350. The Morgan fingerprint density at radius 3 is 2.39 bits per heavy atom. The van der Waals surface area contributed by atoms with Gasteiger partial charge in [0, 0.05) is 30.4 Å². The van der Waals surface area contributed by atoms with Crippen molar-refractivity contribution in [2.24, 2.45) is 5.92 Å². The third-order valence-electron chi connectivity index (χ3n) is 4.61. The molecule has 0 radical (unpaired) electrons. The van der Waals surface area contributed by atoms with Crippen LogP contribution in [0.1, 0.15) is 32.3 Å². The molecule has 0 saturated carbocycles. The molecule has 2 aromatic rings. The topological polar surface area (TPSA) is 66.5 Å². The molecule has 1 aliphatic heterocycles. The summed E-state index contributed by atoms with van der Waals surface area (Å²) in [4.78, 5) is 13.5. The number of rotatable bonds is 6. The number of fused-ring (bicyclic) bond motifs is 1. The van der Waals surface area contributed by atoms with E-state index in [1.807, 2.05) is 0 Å². The highest BCUT2D eigenvalue weighted by Gasteiger charge is 2.25. The van der Waals surface area contributed by atoms with Crippen LogP contribution < -0.4 is 9.62 Å². The van der Waals surface area contributed by atoms with E-state index >= 15 is 0 Å². The first kappa shape index (κ1) is 20.3. The molecule has 0 aromatic heterocycles. The van der Waals surface area contributed by atoms with Gasteiger partial charge in [0.1, 0.15) is 11.6 Å². The molecule has 150 valence electrons. The average molecular weight is 408 g/mol. The Bertz CT molecular complexity index is 986. The second-order valence-corrected chi connectivity index (χ2v) is 8.96. The molecule has 1 heterocycles. The van der Waals surface area contributed by atoms with E-state index in [0.29, 0.717) is 31.4 Å². The van der Waals surface area contributed by atoms with Crippen molar-refractivity contribution >= 4 is 27.3 Å². The minimum Gasteiger partial charge on any atom is -0.312 e. The van der Waals surface area contributed by atoms with Gasteiger partial charge in [0.05, 0.1) is 4.90 Å². The fourth-order valence-corrected chi connectivity index (χ4v) is 4.24. The van der Waals surface area contributed by atoms with Crippen molar-refractivity contribution in [3.05, 3.63) is 53.6 Å². The zero-order valence-electron chi connectivity index (χ0n) is 15.7. The molecule has 1 N–H and O–H groups in total. The van der Waals surface area contributed by atoms with Crippen LogP contribution in [0.5, 0.6) is 0 Å². The summed E-state index contributed by atoms with van der Waals surface area (Å²) in [6.45, 7) is 4.78. The number of sulfonamides is 1. The van der Waals surface area contributed by atoms with Crippen molar-refractivity contribution in [2.45, 2.75) is 38.0 Å². The predicted octanol–water partition coefficient (Wildman–Crippen LogP) is 4.09. The molecule has 3 rings (SSSR count). The maximum absolute atomic E-state index is 13.4. The summed E-state index contributed by atoms with van der Waals surface area (Å²) in [6, 6.07) is 7.05. The van der Waals surface area contributed by atoms with Gasteiger partial charge in [0.15, 0.2) is 0 Å². The van der Waals surface area contributed by atoms with Crippen LogP contribution in [0.15, 0.2) is 41.3 Å². The third-order valence-corrected chi connectivity index (χ3v) is 5.97. The van der Waals surface area contributed by atoms with Crippen LogP contribution in [-0.2, 0) is 21.2 Å². The van der Waals surface area contributed by atoms with Crippen LogP contribution >= 0.6 is 0 Å². The number of anilines is 2. The van der Waals surface area contributed by atoms with Gasteiger partial charge >= 0.3 is 0 Å². The standard InChI is InChI=1S/C20H22F2N2O3S/c1-13(2)7-8-24-19-5-4-17(9-14(19)3-6-20(24)25)23-28(26,27)18-11-15(21)10-16(22)12-18/h4-5,9-13,23H,3,6-8H2,1-2H3. The van der Waals surface area contributed by atoms with Gasteiger partial charge in [0.2, 0.25) is 5.91 Å². The highest BCUT2D eigenvalue weighted by molar-refractivity contribution is 7.92. The molecular weight excluding hydrogens is 386 g/mol. The number of halogens is 2. The van der Waals surface area contributed by atoms with Gasteiger partial charge in [-0.1, -0.05) is 13.8 Å². The number of hydrogen-bond acceptors (Lipinski definition) is 3.